The molecule has 0 unspecified atom stereocenters. The summed E-state index contributed by atoms with van der Waals surface area (Å²) < 4.78 is 38.4. The van der Waals surface area contributed by atoms with E-state index in [-0.39, 0.29) is 11.6 Å². The van der Waals surface area contributed by atoms with Crippen LogP contribution >= 0.6 is 0 Å². The molecule has 0 aliphatic carbocycles. The monoisotopic (exact) mass is 431 g/mol. The number of halogens is 2. The van der Waals surface area contributed by atoms with Gasteiger partial charge in [0.15, 0.2) is 11.3 Å². The van der Waals surface area contributed by atoms with Crippen molar-refractivity contribution >= 4 is 16.5 Å². The van der Waals surface area contributed by atoms with Gasteiger partial charge in [0.05, 0.1) is 7.11 Å². The fraction of sp³-hybridized carbons (Fsp3) is 0.185. The van der Waals surface area contributed by atoms with E-state index in [1.54, 1.807) is 13.2 Å². The topological polar surface area (TPSA) is 25.6 Å². The smallest absolute Gasteiger partial charge is 0.176 e. The zero-order valence-electron chi connectivity index (χ0n) is 17.8. The van der Waals surface area contributed by atoms with E-state index in [4.69, 9.17) is 9.15 Å². The van der Waals surface area contributed by atoms with Gasteiger partial charge >= 0.3 is 0 Å². The summed E-state index contributed by atoms with van der Waals surface area (Å²) in [7, 11) is 1.63. The molecule has 3 nitrogen and oxygen atoms in total. The fourth-order valence-corrected chi connectivity index (χ4v) is 4.25. The predicted octanol–water partition coefficient (Wildman–Crippen LogP) is 6.68. The van der Waals surface area contributed by atoms with Crippen LogP contribution in [0.2, 0.25) is 0 Å². The highest BCUT2D eigenvalue weighted by molar-refractivity contribution is 5.88. The molecule has 3 aromatic carbocycles. The lowest BCUT2D eigenvalue weighted by molar-refractivity contribution is 0.293. The number of benzene rings is 3. The van der Waals surface area contributed by atoms with Crippen LogP contribution < -0.4 is 4.74 Å². The number of furan rings is 1. The average Bonchev–Trinajstić information content (AvgIpc) is 3.24. The molecule has 0 radical (unpaired) electrons. The molecule has 0 N–H and O–H groups in total. The van der Waals surface area contributed by atoms with E-state index < -0.39 is 0 Å². The SMILES string of the molecule is COc1cc(CN2CC=C(c3ccc(F)cc3)CC2)cc2cc(-c3cccc(F)c3)oc12. The van der Waals surface area contributed by atoms with Crippen molar-refractivity contribution in [1.29, 1.82) is 0 Å². The summed E-state index contributed by atoms with van der Waals surface area (Å²) in [4.78, 5) is 2.36. The third kappa shape index (κ3) is 4.16. The number of methoxy groups -OCH3 is 1. The van der Waals surface area contributed by atoms with Crippen LogP contribution in [0.25, 0.3) is 27.9 Å². The quantitative estimate of drug-likeness (QED) is 0.353. The standard InChI is InChI=1S/C27H23F2NO2/c1-31-26-14-18(13-22-16-25(32-27(22)26)21-3-2-4-24(29)15-21)17-30-11-9-20(10-12-30)19-5-7-23(28)8-6-19/h2-9,13-16H,10-12,17H2,1H3. The van der Waals surface area contributed by atoms with Gasteiger partial charge in [0, 0.05) is 30.6 Å². The first kappa shape index (κ1) is 20.5. The van der Waals surface area contributed by atoms with Crippen molar-refractivity contribution < 1.29 is 17.9 Å². The van der Waals surface area contributed by atoms with Crippen molar-refractivity contribution in [1.82, 2.24) is 4.90 Å². The van der Waals surface area contributed by atoms with Crippen molar-refractivity contribution in [2.45, 2.75) is 13.0 Å². The fourth-order valence-electron chi connectivity index (χ4n) is 4.25. The molecule has 0 fully saturated rings. The Morgan fingerprint density at radius 2 is 1.78 bits per heavy atom. The van der Waals surface area contributed by atoms with Gasteiger partial charge in [-0.15, -0.1) is 0 Å². The molecule has 0 bridgehead atoms. The highest BCUT2D eigenvalue weighted by Crippen LogP contribution is 2.35. The maximum atomic E-state index is 13.6. The maximum absolute atomic E-state index is 13.6. The second-order valence-electron chi connectivity index (χ2n) is 8.06. The minimum atomic E-state index is -0.297. The molecule has 0 spiro atoms. The number of rotatable bonds is 5. The van der Waals surface area contributed by atoms with E-state index in [1.165, 1.54) is 29.8 Å². The molecule has 32 heavy (non-hydrogen) atoms. The first-order chi connectivity index (χ1) is 15.6. The summed E-state index contributed by atoms with van der Waals surface area (Å²) >= 11 is 0. The van der Waals surface area contributed by atoms with E-state index >= 15 is 0 Å². The molecular formula is C27H23F2NO2. The highest BCUT2D eigenvalue weighted by Gasteiger charge is 2.17. The molecule has 0 amide bonds. The molecule has 5 heteroatoms. The number of hydrogen-bond donors (Lipinski definition) is 0. The van der Waals surface area contributed by atoms with Gasteiger partial charge in [-0.2, -0.15) is 0 Å². The van der Waals surface area contributed by atoms with Gasteiger partial charge in [-0.25, -0.2) is 8.78 Å². The Balaban J connectivity index is 1.37. The van der Waals surface area contributed by atoms with E-state index in [0.717, 1.165) is 42.6 Å². The zero-order chi connectivity index (χ0) is 22.1. The minimum absolute atomic E-state index is 0.212. The van der Waals surface area contributed by atoms with Crippen LogP contribution in [0.4, 0.5) is 8.78 Å². The molecule has 5 rings (SSSR count). The normalized spacial score (nSPS) is 14.5. The summed E-state index contributed by atoms with van der Waals surface area (Å²) in [5.74, 6) is 0.768. The lowest BCUT2D eigenvalue weighted by Crippen LogP contribution is -2.28. The number of fused-ring (bicyclic) bond motifs is 1. The minimum Gasteiger partial charge on any atom is -0.493 e. The number of ether oxygens (including phenoxy) is 1. The van der Waals surface area contributed by atoms with E-state index in [0.29, 0.717) is 22.7 Å². The Morgan fingerprint density at radius 1 is 0.938 bits per heavy atom. The largest absolute Gasteiger partial charge is 0.493 e. The van der Waals surface area contributed by atoms with Crippen LogP contribution in [0.15, 0.2) is 77.2 Å². The number of nitrogens with zero attached hydrogens (tertiary/aromatic N) is 1. The molecule has 2 heterocycles. The first-order valence-corrected chi connectivity index (χ1v) is 10.6. The van der Waals surface area contributed by atoms with Gasteiger partial charge in [-0.05, 0) is 65.6 Å². The number of hydrogen-bond acceptors (Lipinski definition) is 3. The summed E-state index contributed by atoms with van der Waals surface area (Å²) in [5.41, 5.74) is 4.81. The third-order valence-electron chi connectivity index (χ3n) is 5.89. The molecule has 0 saturated carbocycles. The van der Waals surface area contributed by atoms with Gasteiger partial charge in [-0.3, -0.25) is 4.90 Å². The Hall–Kier alpha value is -3.44. The second kappa shape index (κ2) is 8.60. The molecule has 0 saturated heterocycles. The van der Waals surface area contributed by atoms with Gasteiger partial charge in [-0.1, -0.05) is 30.3 Å². The Labute approximate surface area is 185 Å². The van der Waals surface area contributed by atoms with Gasteiger partial charge in [0.1, 0.15) is 17.4 Å². The molecular weight excluding hydrogens is 408 g/mol. The molecule has 1 aromatic heterocycles. The van der Waals surface area contributed by atoms with Crippen molar-refractivity contribution in [3.63, 3.8) is 0 Å². The van der Waals surface area contributed by atoms with Gasteiger partial charge in [0.2, 0.25) is 0 Å². The highest BCUT2D eigenvalue weighted by atomic mass is 19.1. The van der Waals surface area contributed by atoms with Crippen LogP contribution in [-0.4, -0.2) is 25.1 Å². The lowest BCUT2D eigenvalue weighted by atomic mass is 9.99. The first-order valence-electron chi connectivity index (χ1n) is 10.6. The maximum Gasteiger partial charge on any atom is 0.176 e. The average molecular weight is 431 g/mol. The summed E-state index contributed by atoms with van der Waals surface area (Å²) in [5, 5.41) is 0.929. The predicted molar refractivity (Wildman–Crippen MR) is 122 cm³/mol. The van der Waals surface area contributed by atoms with Crippen LogP contribution in [0.1, 0.15) is 17.5 Å². The van der Waals surface area contributed by atoms with Crippen LogP contribution in [-0.2, 0) is 6.54 Å². The molecule has 4 aromatic rings. The molecule has 162 valence electrons. The van der Waals surface area contributed by atoms with Crippen molar-refractivity contribution in [2.75, 3.05) is 20.2 Å². The summed E-state index contributed by atoms with van der Waals surface area (Å²) in [6, 6.07) is 19.1. The summed E-state index contributed by atoms with van der Waals surface area (Å²) in [6.07, 6.45) is 3.13. The van der Waals surface area contributed by atoms with Crippen LogP contribution in [0.3, 0.4) is 0 Å². The Kier molecular flexibility index (Phi) is 5.50. The van der Waals surface area contributed by atoms with Crippen molar-refractivity contribution in [3.05, 3.63) is 95.6 Å². The van der Waals surface area contributed by atoms with Gasteiger partial charge in [0.25, 0.3) is 0 Å². The lowest BCUT2D eigenvalue weighted by Gasteiger charge is -2.26. The van der Waals surface area contributed by atoms with Crippen molar-refractivity contribution in [2.24, 2.45) is 0 Å². The van der Waals surface area contributed by atoms with E-state index in [1.807, 2.05) is 30.3 Å². The van der Waals surface area contributed by atoms with Crippen molar-refractivity contribution in [3.8, 4) is 17.1 Å². The molecule has 1 aliphatic heterocycles. The Morgan fingerprint density at radius 3 is 2.50 bits per heavy atom. The zero-order valence-corrected chi connectivity index (χ0v) is 17.8. The molecule has 0 atom stereocenters. The van der Waals surface area contributed by atoms with E-state index in [9.17, 15) is 8.78 Å². The second-order valence-corrected chi connectivity index (χ2v) is 8.06. The Bertz CT molecular complexity index is 1290. The molecule has 1 aliphatic rings. The van der Waals surface area contributed by atoms with Gasteiger partial charge < -0.3 is 9.15 Å². The van der Waals surface area contributed by atoms with Crippen LogP contribution in [0, 0.1) is 11.6 Å². The summed E-state index contributed by atoms with van der Waals surface area (Å²) in [6.45, 7) is 2.52. The van der Waals surface area contributed by atoms with Crippen LogP contribution in [0.5, 0.6) is 5.75 Å². The van der Waals surface area contributed by atoms with E-state index in [2.05, 4.69) is 17.0 Å². The third-order valence-corrected chi connectivity index (χ3v) is 5.89.